The minimum atomic E-state index is -0.719. The Hall–Kier alpha value is -2.10. The molecular weight excluding hydrogens is 228 g/mol. The van der Waals surface area contributed by atoms with Gasteiger partial charge in [-0.05, 0) is 18.4 Å². The standard InChI is InChI=1S/C14H14N2O2/c17-14(18)12-6-7-13(12)16-9-11(8-15-16)10-4-2-1-3-5-10/h1-5,8-9,12-13H,6-7H2,(H,17,18)/t12-,13-/m1/s1. The van der Waals surface area contributed by atoms with Gasteiger partial charge in [-0.3, -0.25) is 9.48 Å². The van der Waals surface area contributed by atoms with Crippen LogP contribution in [0.4, 0.5) is 0 Å². The SMILES string of the molecule is O=C(O)[C@@H]1CC[C@H]1n1cc(-c2ccccc2)cn1. The van der Waals surface area contributed by atoms with Gasteiger partial charge >= 0.3 is 5.97 Å². The third-order valence-corrected chi connectivity index (χ3v) is 3.60. The molecule has 0 aliphatic heterocycles. The Labute approximate surface area is 105 Å². The number of carboxylic acids is 1. The number of aromatic nitrogens is 2. The number of aliphatic carboxylic acids is 1. The van der Waals surface area contributed by atoms with E-state index in [2.05, 4.69) is 5.10 Å². The lowest BCUT2D eigenvalue weighted by Crippen LogP contribution is -2.35. The Bertz CT molecular complexity index is 562. The first kappa shape index (κ1) is 11.0. The van der Waals surface area contributed by atoms with E-state index in [1.807, 2.05) is 36.5 Å². The molecule has 0 radical (unpaired) electrons. The fraction of sp³-hybridized carbons (Fsp3) is 0.286. The number of hydrogen-bond donors (Lipinski definition) is 1. The van der Waals surface area contributed by atoms with E-state index in [4.69, 9.17) is 5.11 Å². The summed E-state index contributed by atoms with van der Waals surface area (Å²) in [6.45, 7) is 0. The van der Waals surface area contributed by atoms with Crippen molar-refractivity contribution in [2.24, 2.45) is 5.92 Å². The van der Waals surface area contributed by atoms with E-state index in [0.717, 1.165) is 24.0 Å². The van der Waals surface area contributed by atoms with Crippen LogP contribution in [-0.4, -0.2) is 20.9 Å². The highest BCUT2D eigenvalue weighted by molar-refractivity contribution is 5.71. The number of nitrogens with zero attached hydrogens (tertiary/aromatic N) is 2. The fourth-order valence-corrected chi connectivity index (χ4v) is 2.39. The van der Waals surface area contributed by atoms with Crippen molar-refractivity contribution in [1.82, 2.24) is 9.78 Å². The van der Waals surface area contributed by atoms with Gasteiger partial charge in [0.05, 0.1) is 18.2 Å². The number of hydrogen-bond acceptors (Lipinski definition) is 2. The molecule has 1 aliphatic rings. The molecule has 1 N–H and O–H groups in total. The van der Waals surface area contributed by atoms with Crippen LogP contribution >= 0.6 is 0 Å². The molecule has 92 valence electrons. The molecule has 1 aromatic heterocycles. The van der Waals surface area contributed by atoms with Crippen LogP contribution in [0.25, 0.3) is 11.1 Å². The Morgan fingerprint density at radius 1 is 1.22 bits per heavy atom. The van der Waals surface area contributed by atoms with Crippen LogP contribution in [-0.2, 0) is 4.79 Å². The first-order valence-corrected chi connectivity index (χ1v) is 6.08. The number of rotatable bonds is 3. The molecule has 4 nitrogen and oxygen atoms in total. The molecule has 0 spiro atoms. The first-order chi connectivity index (χ1) is 8.75. The van der Waals surface area contributed by atoms with Gasteiger partial charge in [0.1, 0.15) is 0 Å². The molecule has 0 amide bonds. The molecule has 1 fully saturated rings. The zero-order chi connectivity index (χ0) is 12.5. The van der Waals surface area contributed by atoms with Gasteiger partial charge in [-0.2, -0.15) is 5.10 Å². The van der Waals surface area contributed by atoms with Crippen molar-refractivity contribution in [1.29, 1.82) is 0 Å². The van der Waals surface area contributed by atoms with Crippen molar-refractivity contribution in [3.8, 4) is 11.1 Å². The third-order valence-electron chi connectivity index (χ3n) is 3.60. The van der Waals surface area contributed by atoms with Crippen LogP contribution < -0.4 is 0 Å². The average molecular weight is 242 g/mol. The highest BCUT2D eigenvalue weighted by Gasteiger charge is 2.38. The summed E-state index contributed by atoms with van der Waals surface area (Å²) in [5.74, 6) is -1.00. The van der Waals surface area contributed by atoms with E-state index in [-0.39, 0.29) is 12.0 Å². The molecule has 0 saturated heterocycles. The van der Waals surface area contributed by atoms with Crippen molar-refractivity contribution in [3.05, 3.63) is 42.7 Å². The smallest absolute Gasteiger partial charge is 0.308 e. The van der Waals surface area contributed by atoms with Crippen molar-refractivity contribution >= 4 is 5.97 Å². The number of carboxylic acid groups (broad SMARTS) is 1. The quantitative estimate of drug-likeness (QED) is 0.900. The van der Waals surface area contributed by atoms with E-state index in [9.17, 15) is 4.79 Å². The molecule has 0 unspecified atom stereocenters. The van der Waals surface area contributed by atoms with E-state index in [1.165, 1.54) is 0 Å². The predicted octanol–water partition coefficient (Wildman–Crippen LogP) is 2.59. The second kappa shape index (κ2) is 4.29. The summed E-state index contributed by atoms with van der Waals surface area (Å²) in [6.07, 6.45) is 5.38. The zero-order valence-corrected chi connectivity index (χ0v) is 9.86. The minimum absolute atomic E-state index is 0.0139. The normalized spacial score (nSPS) is 22.4. The number of benzene rings is 1. The monoisotopic (exact) mass is 242 g/mol. The molecule has 0 bridgehead atoms. The van der Waals surface area contributed by atoms with Crippen molar-refractivity contribution in [3.63, 3.8) is 0 Å². The summed E-state index contributed by atoms with van der Waals surface area (Å²) < 4.78 is 1.80. The van der Waals surface area contributed by atoms with Gasteiger partial charge in [0.2, 0.25) is 0 Å². The van der Waals surface area contributed by atoms with E-state index in [1.54, 1.807) is 10.9 Å². The average Bonchev–Trinajstić information content (AvgIpc) is 2.77. The van der Waals surface area contributed by atoms with Crippen molar-refractivity contribution in [2.45, 2.75) is 18.9 Å². The minimum Gasteiger partial charge on any atom is -0.481 e. The van der Waals surface area contributed by atoms with Crippen molar-refractivity contribution < 1.29 is 9.90 Å². The molecule has 18 heavy (non-hydrogen) atoms. The van der Waals surface area contributed by atoms with Gasteiger partial charge < -0.3 is 5.11 Å². The molecule has 2 aromatic rings. The van der Waals surface area contributed by atoms with E-state index >= 15 is 0 Å². The third kappa shape index (κ3) is 1.79. The lowest BCUT2D eigenvalue weighted by Gasteiger charge is -2.33. The summed E-state index contributed by atoms with van der Waals surface area (Å²) in [6, 6.07) is 10.0. The maximum Gasteiger partial charge on any atom is 0.308 e. The van der Waals surface area contributed by atoms with Gasteiger partial charge in [-0.25, -0.2) is 0 Å². The molecule has 1 saturated carbocycles. The predicted molar refractivity (Wildman–Crippen MR) is 67.1 cm³/mol. The highest BCUT2D eigenvalue weighted by atomic mass is 16.4. The molecular formula is C14H14N2O2. The lowest BCUT2D eigenvalue weighted by atomic mass is 9.80. The summed E-state index contributed by atoms with van der Waals surface area (Å²) >= 11 is 0. The Morgan fingerprint density at radius 3 is 2.61 bits per heavy atom. The van der Waals surface area contributed by atoms with Gasteiger partial charge in [-0.1, -0.05) is 30.3 Å². The topological polar surface area (TPSA) is 55.1 Å². The lowest BCUT2D eigenvalue weighted by molar-refractivity contribution is -0.147. The maximum atomic E-state index is 11.0. The maximum absolute atomic E-state index is 11.0. The van der Waals surface area contributed by atoms with Crippen LogP contribution in [0.1, 0.15) is 18.9 Å². The number of carbonyl (C=O) groups is 1. The van der Waals surface area contributed by atoms with E-state index in [0.29, 0.717) is 0 Å². The van der Waals surface area contributed by atoms with Gasteiger partial charge in [-0.15, -0.1) is 0 Å². The van der Waals surface area contributed by atoms with Gasteiger partial charge in [0.15, 0.2) is 0 Å². The molecule has 2 atom stereocenters. The summed E-state index contributed by atoms with van der Waals surface area (Å²) in [5, 5.41) is 13.3. The molecule has 3 rings (SSSR count). The van der Waals surface area contributed by atoms with Crippen LogP contribution in [0.2, 0.25) is 0 Å². The van der Waals surface area contributed by atoms with Crippen LogP contribution in [0.15, 0.2) is 42.7 Å². The van der Waals surface area contributed by atoms with Gasteiger partial charge in [0, 0.05) is 11.8 Å². The molecule has 1 heterocycles. The molecule has 1 aromatic carbocycles. The summed E-state index contributed by atoms with van der Waals surface area (Å²) in [5.41, 5.74) is 2.14. The highest BCUT2D eigenvalue weighted by Crippen LogP contribution is 2.38. The second-order valence-corrected chi connectivity index (χ2v) is 4.66. The Balaban J connectivity index is 1.84. The molecule has 1 aliphatic carbocycles. The largest absolute Gasteiger partial charge is 0.481 e. The Morgan fingerprint density at radius 2 is 2.00 bits per heavy atom. The fourth-order valence-electron chi connectivity index (χ4n) is 2.39. The van der Waals surface area contributed by atoms with Crippen LogP contribution in [0.3, 0.4) is 0 Å². The first-order valence-electron chi connectivity index (χ1n) is 6.08. The van der Waals surface area contributed by atoms with Crippen molar-refractivity contribution in [2.75, 3.05) is 0 Å². The van der Waals surface area contributed by atoms with Crippen LogP contribution in [0, 0.1) is 5.92 Å². The molecule has 4 heteroatoms. The Kier molecular flexibility index (Phi) is 2.63. The zero-order valence-electron chi connectivity index (χ0n) is 9.86. The van der Waals surface area contributed by atoms with Crippen LogP contribution in [0.5, 0.6) is 0 Å². The van der Waals surface area contributed by atoms with Gasteiger partial charge in [0.25, 0.3) is 0 Å². The summed E-state index contributed by atoms with van der Waals surface area (Å²) in [4.78, 5) is 11.0. The van der Waals surface area contributed by atoms with E-state index < -0.39 is 5.97 Å². The summed E-state index contributed by atoms with van der Waals surface area (Å²) in [7, 11) is 0. The second-order valence-electron chi connectivity index (χ2n) is 4.66.